The summed E-state index contributed by atoms with van der Waals surface area (Å²) in [5.41, 5.74) is 17.4. The summed E-state index contributed by atoms with van der Waals surface area (Å²) in [6.07, 6.45) is -3.78. The molecule has 16 amide bonds. The van der Waals surface area contributed by atoms with Crippen LogP contribution in [0.2, 0.25) is 0 Å². The van der Waals surface area contributed by atoms with E-state index >= 15 is 9.59 Å². The standard InChI is InChI=1S/C71H102N22O25S4/c1-3-33(2)55-67(114)90-47(70(117)118)31-122-121-30-46-64(111)87-43(27-94)61(108)86-42(24-54(101)102)69(116)93-19-9-13-48(93)65(112)80-36(12-7-17-77-71(74)75)56(103)88-45(29-120-119-28-44(62(109)89-46)79-51(96)25-72)63(110)83-39(22-50(73)95)59(106)82-38(20-34-10-5-4-6-11-34)58(105)84-40(23-53(99)100)60(107)85-41(21-35-26-76-32-78-35)68(115)92-18-8-14-49(92)66(113)81-37(57(104)91-55)15-16-52(97)98/h4-6,10-11,26,32-33,36-49,55,94H,3,7-9,12-25,27-31,72H2,1-2H3,(H2,73,95)(H,76,78)(H,79,96)(H,80,112)(H,81,113)(H,82,106)(H,83,110)(H,84,105)(H,85,107)(H,86,108)(H,87,111)(H,88,103)(H,89,109)(H,90,114)(H,91,104)(H,97,98)(H,99,100)(H,101,102)(H,117,118)(H4,74,75,77)/t33-,36-,37-,38-,39-,40-,41-,42-,43-,44-,45-,46-,47-,48-,49-,55-/m0/s1. The number of carboxylic acid groups (broad SMARTS) is 4. The van der Waals surface area contributed by atoms with E-state index in [1.54, 1.807) is 13.0 Å². The van der Waals surface area contributed by atoms with Crippen LogP contribution in [0.1, 0.15) is 102 Å². The zero-order valence-electron chi connectivity index (χ0n) is 66.2. The van der Waals surface area contributed by atoms with E-state index < -0.39 is 302 Å². The number of H-pyrrole nitrogens is 1. The van der Waals surface area contributed by atoms with E-state index in [0.29, 0.717) is 48.7 Å². The van der Waals surface area contributed by atoms with Crippen LogP contribution in [0.15, 0.2) is 42.9 Å². The summed E-state index contributed by atoms with van der Waals surface area (Å²) in [5.74, 6) is -29.5. The number of guanidine groups is 1. The fourth-order valence-corrected chi connectivity index (χ4v) is 17.6. The molecule has 51 heteroatoms. The number of hydrogen-bond acceptors (Lipinski definition) is 28. The number of aromatic nitrogens is 2. The Morgan fingerprint density at radius 1 is 0.541 bits per heavy atom. The maximum Gasteiger partial charge on any atom is 0.327 e. The van der Waals surface area contributed by atoms with Crippen molar-refractivity contribution >= 4 is 168 Å². The second-order valence-electron chi connectivity index (χ2n) is 28.7. The molecule has 2 aromatic rings. The van der Waals surface area contributed by atoms with E-state index in [1.165, 1.54) is 43.7 Å². The summed E-state index contributed by atoms with van der Waals surface area (Å²) >= 11 is 0. The summed E-state index contributed by atoms with van der Waals surface area (Å²) < 4.78 is 0. The summed E-state index contributed by atoms with van der Waals surface area (Å²) in [7, 11) is 2.71. The third-order valence-corrected chi connectivity index (χ3v) is 24.4. The predicted molar refractivity (Wildman–Crippen MR) is 434 cm³/mol. The first kappa shape index (κ1) is 99.2. The van der Waals surface area contributed by atoms with Gasteiger partial charge < -0.3 is 132 Å². The van der Waals surface area contributed by atoms with E-state index in [-0.39, 0.29) is 70.3 Å². The Bertz CT molecular complexity index is 4140. The van der Waals surface area contributed by atoms with Crippen LogP contribution in [0.25, 0.3) is 0 Å². The molecule has 5 heterocycles. The number of nitrogens with two attached hydrogens (primary N) is 3. The van der Waals surface area contributed by atoms with Crippen LogP contribution in [-0.2, 0) is 109 Å². The van der Waals surface area contributed by atoms with Crippen molar-refractivity contribution in [3.05, 3.63) is 54.1 Å². The van der Waals surface area contributed by atoms with Crippen molar-refractivity contribution in [3.63, 3.8) is 0 Å². The Hall–Kier alpha value is -11.6. The van der Waals surface area contributed by atoms with E-state index in [1.807, 2.05) is 0 Å². The highest BCUT2D eigenvalue weighted by Gasteiger charge is 2.45. The molecule has 4 fully saturated rings. The van der Waals surface area contributed by atoms with Gasteiger partial charge in [-0.2, -0.15) is 0 Å². The number of amides is 16. The van der Waals surface area contributed by atoms with Gasteiger partial charge in [-0.3, -0.25) is 96.5 Å². The lowest BCUT2D eigenvalue weighted by atomic mass is 9.97. The SMILES string of the molecule is CC[C@H](C)[C@@H]1NC(=O)[C@H](CCC(=O)O)NC(=O)[C@@H]2CCCN2C(=O)[C@H](Cc2cnc[nH]2)NC(=O)[C@H](CC(=O)O)NC(=O)[C@H](Cc2ccccc2)NC(=O)[C@H](CC(N)=O)NC(=O)[C@@H]2CSSC[C@H](NC(=O)CN)C(=O)N[C@@H](CSSC[C@@H](C(=O)O)NC1=O)C(=O)N[C@@H](CO)C(=O)N[C@@H](CC(=O)O)C(=O)N1CCC[C@H]1C(=O)N[C@@H](CCCNC(=N)N)C(=O)N2. The Kier molecular flexibility index (Phi) is 40.2. The van der Waals surface area contributed by atoms with Gasteiger partial charge in [-0.1, -0.05) is 93.8 Å². The first-order valence-corrected chi connectivity index (χ1v) is 43.5. The topological polar surface area (TPSA) is 748 Å². The second-order valence-corrected chi connectivity index (χ2v) is 33.8. The number of fused-ring (bicyclic) bond motifs is 10. The number of imidazole rings is 1. The molecule has 0 radical (unpaired) electrons. The molecule has 1 aromatic carbocycles. The fourth-order valence-electron chi connectivity index (χ4n) is 13.0. The van der Waals surface area contributed by atoms with Gasteiger partial charge in [0.05, 0.1) is 38.7 Å². The normalized spacial score (nSPS) is 26.6. The van der Waals surface area contributed by atoms with E-state index in [9.17, 15) is 112 Å². The number of nitrogens with zero attached hydrogens (tertiary/aromatic N) is 3. The third-order valence-electron chi connectivity index (χ3n) is 19.6. The van der Waals surface area contributed by atoms with Crippen LogP contribution in [0.5, 0.6) is 0 Å². The number of carboxylic acids is 4. The minimum absolute atomic E-state index is 0.0620. The molecule has 47 nitrogen and oxygen atoms in total. The number of benzene rings is 1. The Balaban J connectivity index is 1.53. The van der Waals surface area contributed by atoms with Crippen molar-refractivity contribution in [2.24, 2.45) is 23.1 Å². The molecular formula is C71H102N22O25S4. The molecule has 4 saturated heterocycles. The molecule has 670 valence electrons. The largest absolute Gasteiger partial charge is 0.481 e. The molecular weight excluding hydrogens is 1690 g/mol. The van der Waals surface area contributed by atoms with Crippen molar-refractivity contribution in [2.75, 3.05) is 55.8 Å². The van der Waals surface area contributed by atoms with Gasteiger partial charge in [-0.05, 0) is 56.4 Å². The lowest BCUT2D eigenvalue weighted by Crippen LogP contribution is -2.62. The Morgan fingerprint density at radius 2 is 1.02 bits per heavy atom. The molecule has 0 unspecified atom stereocenters. The number of carbonyl (C=O) groups excluding carboxylic acids is 16. The third kappa shape index (κ3) is 31.5. The smallest absolute Gasteiger partial charge is 0.327 e. The summed E-state index contributed by atoms with van der Waals surface area (Å²) in [6, 6.07) is -20.0. The quantitative estimate of drug-likeness (QED) is 0.0213. The van der Waals surface area contributed by atoms with Gasteiger partial charge in [-0.15, -0.1) is 0 Å². The molecule has 0 aliphatic carbocycles. The maximum atomic E-state index is 15.1. The van der Waals surface area contributed by atoms with Gasteiger partial charge in [0.25, 0.3) is 0 Å². The highest BCUT2D eigenvalue weighted by atomic mass is 33.1. The molecule has 4 aliphatic heterocycles. The molecule has 16 atom stereocenters. The summed E-state index contributed by atoms with van der Waals surface area (Å²) in [6.45, 7) is 0.460. The monoisotopic (exact) mass is 1790 g/mol. The van der Waals surface area contributed by atoms with Gasteiger partial charge in [-0.25, -0.2) is 9.78 Å². The molecule has 2 bridgehead atoms. The van der Waals surface area contributed by atoms with E-state index in [4.69, 9.17) is 22.6 Å². The lowest BCUT2D eigenvalue weighted by molar-refractivity contribution is -0.146. The summed E-state index contributed by atoms with van der Waals surface area (Å²) in [5, 5.41) is 92.7. The Morgan fingerprint density at radius 3 is 1.57 bits per heavy atom. The lowest BCUT2D eigenvalue weighted by Gasteiger charge is -2.31. The van der Waals surface area contributed by atoms with Crippen molar-refractivity contribution in [3.8, 4) is 0 Å². The molecule has 6 rings (SSSR count). The van der Waals surface area contributed by atoms with Crippen molar-refractivity contribution < 1.29 is 121 Å². The number of aromatic amines is 1. The van der Waals surface area contributed by atoms with Crippen molar-refractivity contribution in [1.82, 2.24) is 94.2 Å². The van der Waals surface area contributed by atoms with Gasteiger partial charge in [0, 0.05) is 73.8 Å². The van der Waals surface area contributed by atoms with Crippen LogP contribution in [0.3, 0.4) is 0 Å². The minimum Gasteiger partial charge on any atom is -0.481 e. The highest BCUT2D eigenvalue weighted by molar-refractivity contribution is 8.77. The Labute approximate surface area is 712 Å². The second kappa shape index (κ2) is 49.4. The fraction of sp³-hybridized carbons (Fsp3) is 0.577. The molecule has 0 saturated carbocycles. The molecule has 1 aromatic heterocycles. The number of nitrogens with one attached hydrogen (secondary N) is 16. The number of aliphatic hydroxyl groups excluding tert-OH is 1. The van der Waals surface area contributed by atoms with E-state index in [0.717, 1.165) is 9.80 Å². The van der Waals surface area contributed by atoms with Crippen LogP contribution in [-0.4, -0.2) is 316 Å². The van der Waals surface area contributed by atoms with Gasteiger partial charge in [0.1, 0.15) is 90.6 Å². The zero-order chi connectivity index (χ0) is 90.0. The average Bonchev–Trinajstić information content (AvgIpc) is 1.61. The van der Waals surface area contributed by atoms with Crippen LogP contribution < -0.4 is 91.6 Å². The molecule has 27 N–H and O–H groups in total. The maximum absolute atomic E-state index is 15.1. The number of carbonyl (C=O) groups is 20. The van der Waals surface area contributed by atoms with Crippen LogP contribution in [0, 0.1) is 11.3 Å². The van der Waals surface area contributed by atoms with Gasteiger partial charge in [0.2, 0.25) is 94.5 Å². The number of primary amides is 1. The average molecular weight is 1790 g/mol. The van der Waals surface area contributed by atoms with Crippen LogP contribution in [0.4, 0.5) is 0 Å². The minimum atomic E-state index is -2.14. The number of hydrogen-bond donors (Lipinski definition) is 24. The molecule has 0 spiro atoms. The van der Waals surface area contributed by atoms with Gasteiger partial charge >= 0.3 is 23.9 Å². The zero-order valence-corrected chi connectivity index (χ0v) is 69.4. The number of rotatable bonds is 23. The molecule has 4 aliphatic rings. The first-order valence-electron chi connectivity index (χ1n) is 38.5. The van der Waals surface area contributed by atoms with Gasteiger partial charge in [0.15, 0.2) is 5.96 Å². The summed E-state index contributed by atoms with van der Waals surface area (Å²) in [4.78, 5) is 291. The predicted octanol–water partition coefficient (Wildman–Crippen LogP) is -8.70. The first-order chi connectivity index (χ1) is 57.9. The van der Waals surface area contributed by atoms with Crippen LogP contribution >= 0.6 is 43.2 Å². The van der Waals surface area contributed by atoms with E-state index in [2.05, 4.69) is 84.4 Å². The highest BCUT2D eigenvalue weighted by Crippen LogP contribution is 2.28. The van der Waals surface area contributed by atoms with Crippen molar-refractivity contribution in [1.29, 1.82) is 5.41 Å². The number of aliphatic carboxylic acids is 4. The number of aliphatic hydroxyl groups is 1. The molecule has 122 heavy (non-hydrogen) atoms. The van der Waals surface area contributed by atoms with Crippen molar-refractivity contribution in [2.45, 2.75) is 194 Å².